The molecule has 1 unspecified atom stereocenters. The molecule has 1 heterocycles. The predicted molar refractivity (Wildman–Crippen MR) is 85.9 cm³/mol. The van der Waals surface area contributed by atoms with E-state index in [1.807, 2.05) is 6.07 Å². The number of hydrogen-bond donors (Lipinski definition) is 1. The van der Waals surface area contributed by atoms with Gasteiger partial charge in [-0.05, 0) is 36.1 Å². The smallest absolute Gasteiger partial charge is 0.316 e. The van der Waals surface area contributed by atoms with Crippen molar-refractivity contribution in [1.82, 2.24) is 9.97 Å². The molecule has 1 aromatic carbocycles. The van der Waals surface area contributed by atoms with Crippen LogP contribution in [0.25, 0.3) is 0 Å². The Morgan fingerprint density at radius 2 is 2.35 bits per heavy atom. The van der Waals surface area contributed by atoms with Crippen LogP contribution in [0.5, 0.6) is 0 Å². The molecule has 0 amide bonds. The highest BCUT2D eigenvalue weighted by atomic mass is 32.2. The molecule has 3 rings (SSSR count). The number of thioether (sulfide) groups is 1. The summed E-state index contributed by atoms with van der Waals surface area (Å²) >= 11 is 1.28. The molecule has 0 fully saturated rings. The van der Waals surface area contributed by atoms with Gasteiger partial charge in [-0.15, -0.1) is 0 Å². The zero-order valence-electron chi connectivity index (χ0n) is 12.6. The van der Waals surface area contributed by atoms with Crippen LogP contribution < -0.4 is 5.32 Å². The first-order valence-corrected chi connectivity index (χ1v) is 8.21. The number of ether oxygens (including phenoxy) is 1. The number of methoxy groups -OCH3 is 1. The van der Waals surface area contributed by atoms with Crippen molar-refractivity contribution in [2.75, 3.05) is 18.2 Å². The van der Waals surface area contributed by atoms with Gasteiger partial charge in [0.2, 0.25) is 0 Å². The lowest BCUT2D eigenvalue weighted by atomic mass is 10.1. The fourth-order valence-corrected chi connectivity index (χ4v) is 3.28. The molecular weight excluding hydrogens is 317 g/mol. The fraction of sp³-hybridized carbons (Fsp3) is 0.312. The maximum Gasteiger partial charge on any atom is 0.316 e. The second-order valence-corrected chi connectivity index (χ2v) is 6.18. The summed E-state index contributed by atoms with van der Waals surface area (Å²) in [6.07, 6.45) is 4.98. The van der Waals surface area contributed by atoms with Gasteiger partial charge in [-0.3, -0.25) is 9.78 Å². The highest BCUT2D eigenvalue weighted by molar-refractivity contribution is 7.99. The summed E-state index contributed by atoms with van der Waals surface area (Å²) in [5, 5.41) is 3.98. The van der Waals surface area contributed by atoms with E-state index in [4.69, 9.17) is 0 Å². The van der Waals surface area contributed by atoms with Gasteiger partial charge in [0, 0.05) is 0 Å². The van der Waals surface area contributed by atoms with Gasteiger partial charge in [-0.2, -0.15) is 0 Å². The number of nitrogens with one attached hydrogen (secondary N) is 1. The van der Waals surface area contributed by atoms with Crippen molar-refractivity contribution in [2.45, 2.75) is 23.9 Å². The minimum absolute atomic E-state index is 0.0979. The predicted octanol–water partition coefficient (Wildman–Crippen LogP) is 2.98. The molecule has 120 valence electrons. The van der Waals surface area contributed by atoms with Crippen molar-refractivity contribution in [3.8, 4) is 0 Å². The van der Waals surface area contributed by atoms with Crippen LogP contribution in [0.3, 0.4) is 0 Å². The third-order valence-corrected chi connectivity index (χ3v) is 4.56. The zero-order chi connectivity index (χ0) is 16.2. The lowest BCUT2D eigenvalue weighted by Crippen LogP contribution is -2.09. The molecule has 1 aliphatic rings. The number of fused-ring (bicyclic) bond motifs is 1. The summed E-state index contributed by atoms with van der Waals surface area (Å²) in [6.45, 7) is 0. The van der Waals surface area contributed by atoms with E-state index in [2.05, 4.69) is 20.0 Å². The number of halogens is 1. The van der Waals surface area contributed by atoms with Crippen molar-refractivity contribution in [3.63, 3.8) is 0 Å². The van der Waals surface area contributed by atoms with Gasteiger partial charge < -0.3 is 10.1 Å². The van der Waals surface area contributed by atoms with Crippen LogP contribution in [0.1, 0.15) is 23.6 Å². The lowest BCUT2D eigenvalue weighted by molar-refractivity contribution is -0.137. The molecule has 0 bridgehead atoms. The first kappa shape index (κ1) is 15.7. The number of carbonyl (C=O) groups is 1. The van der Waals surface area contributed by atoms with Gasteiger partial charge in [-0.25, -0.2) is 9.37 Å². The Morgan fingerprint density at radius 1 is 1.48 bits per heavy atom. The molecule has 1 N–H and O–H groups in total. The molecule has 0 spiro atoms. The number of nitrogens with zero attached hydrogens (tertiary/aromatic N) is 2. The Balaban J connectivity index is 1.69. The van der Waals surface area contributed by atoms with Gasteiger partial charge >= 0.3 is 5.97 Å². The third-order valence-electron chi connectivity index (χ3n) is 3.68. The molecular formula is C16H16FN3O2S. The average molecular weight is 333 g/mol. The molecule has 1 aliphatic carbocycles. The number of aryl methyl sites for hydroxylation is 1. The molecule has 0 saturated heterocycles. The monoisotopic (exact) mass is 333 g/mol. The quantitative estimate of drug-likeness (QED) is 0.670. The Hall–Kier alpha value is -2.15. The van der Waals surface area contributed by atoms with Crippen LogP contribution in [-0.2, 0) is 16.0 Å². The van der Waals surface area contributed by atoms with E-state index in [0.29, 0.717) is 10.8 Å². The van der Waals surface area contributed by atoms with Crippen molar-refractivity contribution in [1.29, 1.82) is 0 Å². The van der Waals surface area contributed by atoms with Gasteiger partial charge in [-0.1, -0.05) is 17.8 Å². The average Bonchev–Trinajstić information content (AvgIpc) is 2.95. The molecule has 0 saturated carbocycles. The van der Waals surface area contributed by atoms with Crippen LogP contribution in [-0.4, -0.2) is 28.8 Å². The zero-order valence-corrected chi connectivity index (χ0v) is 13.4. The second kappa shape index (κ2) is 6.95. The van der Waals surface area contributed by atoms with Gasteiger partial charge in [0.1, 0.15) is 16.7 Å². The van der Waals surface area contributed by atoms with E-state index in [-0.39, 0.29) is 23.6 Å². The number of benzene rings is 1. The van der Waals surface area contributed by atoms with Crippen LogP contribution in [0, 0.1) is 5.82 Å². The molecule has 7 heteroatoms. The Bertz CT molecular complexity index is 726. The number of esters is 1. The second-order valence-electron chi connectivity index (χ2n) is 5.19. The topological polar surface area (TPSA) is 64.1 Å². The number of anilines is 1. The van der Waals surface area contributed by atoms with Crippen molar-refractivity contribution >= 4 is 23.5 Å². The fourth-order valence-electron chi connectivity index (χ4n) is 2.59. The largest absolute Gasteiger partial charge is 0.468 e. The van der Waals surface area contributed by atoms with Crippen LogP contribution >= 0.6 is 11.8 Å². The maximum atomic E-state index is 13.3. The lowest BCUT2D eigenvalue weighted by Gasteiger charge is -2.15. The SMILES string of the molecule is COC(=O)CSc1cncc(NC2CCc3cc(F)ccc32)n1. The maximum absolute atomic E-state index is 13.3. The number of aromatic nitrogens is 2. The summed E-state index contributed by atoms with van der Waals surface area (Å²) < 4.78 is 17.9. The minimum atomic E-state index is -0.304. The molecule has 5 nitrogen and oxygen atoms in total. The number of hydrogen-bond acceptors (Lipinski definition) is 6. The summed E-state index contributed by atoms with van der Waals surface area (Å²) in [4.78, 5) is 19.8. The van der Waals surface area contributed by atoms with Gasteiger partial charge in [0.15, 0.2) is 0 Å². The summed E-state index contributed by atoms with van der Waals surface area (Å²) in [5.41, 5.74) is 2.13. The molecule has 1 atom stereocenters. The van der Waals surface area contributed by atoms with Crippen molar-refractivity contribution in [2.24, 2.45) is 0 Å². The number of carbonyl (C=O) groups excluding carboxylic acids is 1. The molecule has 1 aromatic heterocycles. The molecule has 2 aromatic rings. The van der Waals surface area contributed by atoms with Crippen LogP contribution in [0.4, 0.5) is 10.2 Å². The summed E-state index contributed by atoms with van der Waals surface area (Å²) in [6, 6.07) is 4.98. The van der Waals surface area contributed by atoms with Crippen LogP contribution in [0.15, 0.2) is 35.6 Å². The third kappa shape index (κ3) is 3.79. The molecule has 23 heavy (non-hydrogen) atoms. The normalized spacial score (nSPS) is 16.0. The minimum Gasteiger partial charge on any atom is -0.468 e. The summed E-state index contributed by atoms with van der Waals surface area (Å²) in [5.74, 6) is 0.328. The van der Waals surface area contributed by atoms with Crippen molar-refractivity contribution < 1.29 is 13.9 Å². The highest BCUT2D eigenvalue weighted by Crippen LogP contribution is 2.34. The Morgan fingerprint density at radius 3 is 3.17 bits per heavy atom. The molecule has 0 radical (unpaired) electrons. The highest BCUT2D eigenvalue weighted by Gasteiger charge is 2.23. The van der Waals surface area contributed by atoms with E-state index in [1.165, 1.54) is 24.9 Å². The number of rotatable bonds is 5. The van der Waals surface area contributed by atoms with Gasteiger partial charge in [0.05, 0.1) is 31.3 Å². The first-order valence-electron chi connectivity index (χ1n) is 7.22. The van der Waals surface area contributed by atoms with E-state index in [9.17, 15) is 9.18 Å². The summed E-state index contributed by atoms with van der Waals surface area (Å²) in [7, 11) is 1.35. The van der Waals surface area contributed by atoms with E-state index in [0.717, 1.165) is 24.0 Å². The van der Waals surface area contributed by atoms with Crippen LogP contribution in [0.2, 0.25) is 0 Å². The van der Waals surface area contributed by atoms with E-state index < -0.39 is 0 Å². The Labute approximate surface area is 137 Å². The standard InChI is InChI=1S/C16H16FN3O2S/c1-22-16(21)9-23-15-8-18-7-14(20-15)19-13-5-2-10-6-11(17)3-4-12(10)13/h3-4,6-8,13H,2,5,9H2,1H3,(H,19,20). The van der Waals surface area contributed by atoms with E-state index >= 15 is 0 Å². The Kier molecular flexibility index (Phi) is 4.76. The van der Waals surface area contributed by atoms with Gasteiger partial charge in [0.25, 0.3) is 0 Å². The van der Waals surface area contributed by atoms with E-state index in [1.54, 1.807) is 18.5 Å². The van der Waals surface area contributed by atoms with Crippen molar-refractivity contribution in [3.05, 3.63) is 47.5 Å². The first-order chi connectivity index (χ1) is 11.2. The molecule has 0 aliphatic heterocycles.